The van der Waals surface area contributed by atoms with Gasteiger partial charge in [0.25, 0.3) is 0 Å². The topological polar surface area (TPSA) is 81.8 Å². The molecule has 1 fully saturated rings. The second-order valence-corrected chi connectivity index (χ2v) is 6.47. The van der Waals surface area contributed by atoms with Crippen LogP contribution in [-0.2, 0) is 16.0 Å². The highest BCUT2D eigenvalue weighted by atomic mass is 19.1. The summed E-state index contributed by atoms with van der Waals surface area (Å²) in [6.45, 7) is 4.54. The van der Waals surface area contributed by atoms with Crippen LogP contribution in [0.2, 0.25) is 0 Å². The normalized spacial score (nSPS) is 14.0. The molecule has 0 spiro atoms. The fourth-order valence-electron chi connectivity index (χ4n) is 2.82. The molecule has 4 amide bonds. The Labute approximate surface area is 158 Å². The van der Waals surface area contributed by atoms with Gasteiger partial charge < -0.3 is 20.4 Å². The summed E-state index contributed by atoms with van der Waals surface area (Å²) < 4.78 is 13.7. The van der Waals surface area contributed by atoms with E-state index < -0.39 is 0 Å². The molecule has 0 aliphatic carbocycles. The van der Waals surface area contributed by atoms with Crippen LogP contribution in [0.1, 0.15) is 25.3 Å². The number of rotatable bonds is 7. The van der Waals surface area contributed by atoms with Gasteiger partial charge in [0.15, 0.2) is 0 Å². The lowest BCUT2D eigenvalue weighted by Crippen LogP contribution is -2.53. The minimum atomic E-state index is -0.383. The zero-order valence-electron chi connectivity index (χ0n) is 15.7. The molecule has 1 aliphatic rings. The molecule has 0 atom stereocenters. The van der Waals surface area contributed by atoms with Crippen LogP contribution in [0, 0.1) is 5.82 Å². The van der Waals surface area contributed by atoms with Crippen LogP contribution in [0.25, 0.3) is 0 Å². The Bertz CT molecular complexity index is 660. The van der Waals surface area contributed by atoms with Crippen molar-refractivity contribution < 1.29 is 18.8 Å². The van der Waals surface area contributed by atoms with E-state index in [4.69, 9.17) is 0 Å². The number of urea groups is 1. The van der Waals surface area contributed by atoms with Crippen LogP contribution in [0.3, 0.4) is 0 Å². The van der Waals surface area contributed by atoms with Crippen molar-refractivity contribution in [1.29, 1.82) is 0 Å². The monoisotopic (exact) mass is 378 g/mol. The molecule has 8 heteroatoms. The largest absolute Gasteiger partial charge is 0.356 e. The predicted molar refractivity (Wildman–Crippen MR) is 99.6 cm³/mol. The van der Waals surface area contributed by atoms with E-state index in [1.807, 2.05) is 6.92 Å². The highest BCUT2D eigenvalue weighted by Crippen LogP contribution is 2.10. The Hall–Kier alpha value is -2.64. The minimum Gasteiger partial charge on any atom is -0.356 e. The zero-order chi connectivity index (χ0) is 19.6. The second kappa shape index (κ2) is 10.5. The Morgan fingerprint density at radius 2 is 1.67 bits per heavy atom. The molecule has 0 unspecified atom stereocenters. The van der Waals surface area contributed by atoms with E-state index in [1.54, 1.807) is 28.0 Å². The van der Waals surface area contributed by atoms with Crippen molar-refractivity contribution in [3.8, 4) is 0 Å². The number of benzene rings is 1. The molecular formula is C19H27FN4O3. The molecule has 1 aromatic rings. The first-order valence-electron chi connectivity index (χ1n) is 9.32. The van der Waals surface area contributed by atoms with Gasteiger partial charge >= 0.3 is 6.03 Å². The Morgan fingerprint density at radius 3 is 2.33 bits per heavy atom. The lowest BCUT2D eigenvalue weighted by Gasteiger charge is -2.34. The fourth-order valence-corrected chi connectivity index (χ4v) is 2.82. The third kappa shape index (κ3) is 6.54. The van der Waals surface area contributed by atoms with Crippen molar-refractivity contribution >= 4 is 17.8 Å². The van der Waals surface area contributed by atoms with E-state index in [9.17, 15) is 18.8 Å². The molecular weight excluding hydrogens is 351 g/mol. The molecule has 0 aromatic heterocycles. The summed E-state index contributed by atoms with van der Waals surface area (Å²) in [5.74, 6) is -0.611. The first kappa shape index (κ1) is 20.7. The number of hydrogen-bond donors (Lipinski definition) is 2. The van der Waals surface area contributed by atoms with Gasteiger partial charge in [-0.1, -0.05) is 25.1 Å². The summed E-state index contributed by atoms with van der Waals surface area (Å²) >= 11 is 0. The number of nitrogens with zero attached hydrogens (tertiary/aromatic N) is 2. The third-order valence-corrected chi connectivity index (χ3v) is 4.42. The van der Waals surface area contributed by atoms with E-state index in [2.05, 4.69) is 10.6 Å². The van der Waals surface area contributed by atoms with Gasteiger partial charge in [-0.05, 0) is 18.1 Å². The highest BCUT2D eigenvalue weighted by Gasteiger charge is 2.24. The van der Waals surface area contributed by atoms with Crippen LogP contribution < -0.4 is 10.6 Å². The molecule has 2 rings (SSSR count). The Morgan fingerprint density at radius 1 is 1.00 bits per heavy atom. The number of nitrogens with one attached hydrogen (secondary N) is 2. The van der Waals surface area contributed by atoms with Crippen LogP contribution in [-0.4, -0.2) is 66.9 Å². The summed E-state index contributed by atoms with van der Waals surface area (Å²) in [6, 6.07) is 6.01. The molecule has 1 aliphatic heterocycles. The number of carbonyl (C=O) groups excluding carboxylic acids is 3. The molecule has 0 saturated carbocycles. The summed E-state index contributed by atoms with van der Waals surface area (Å²) in [4.78, 5) is 39.2. The molecule has 7 nitrogen and oxygen atoms in total. The van der Waals surface area contributed by atoms with Gasteiger partial charge in [0, 0.05) is 45.7 Å². The van der Waals surface area contributed by atoms with Gasteiger partial charge in [-0.15, -0.1) is 0 Å². The number of halogens is 1. The smallest absolute Gasteiger partial charge is 0.317 e. The van der Waals surface area contributed by atoms with Gasteiger partial charge in [-0.25, -0.2) is 9.18 Å². The van der Waals surface area contributed by atoms with Crippen molar-refractivity contribution in [2.75, 3.05) is 39.3 Å². The number of carbonyl (C=O) groups is 3. The van der Waals surface area contributed by atoms with Gasteiger partial charge in [-0.2, -0.15) is 0 Å². The van der Waals surface area contributed by atoms with E-state index in [-0.39, 0.29) is 43.0 Å². The first-order valence-corrected chi connectivity index (χ1v) is 9.32. The van der Waals surface area contributed by atoms with Crippen molar-refractivity contribution in [1.82, 2.24) is 20.4 Å². The maximum Gasteiger partial charge on any atom is 0.317 e. The van der Waals surface area contributed by atoms with Crippen LogP contribution >= 0.6 is 0 Å². The zero-order valence-corrected chi connectivity index (χ0v) is 15.7. The molecule has 27 heavy (non-hydrogen) atoms. The molecule has 1 aromatic carbocycles. The summed E-state index contributed by atoms with van der Waals surface area (Å²) in [6.07, 6.45) is 1.14. The maximum atomic E-state index is 13.7. The third-order valence-electron chi connectivity index (χ3n) is 4.42. The molecule has 1 heterocycles. The minimum absolute atomic E-state index is 0.0196. The van der Waals surface area contributed by atoms with E-state index in [0.29, 0.717) is 38.3 Å². The maximum absolute atomic E-state index is 13.7. The molecule has 1 saturated heterocycles. The van der Waals surface area contributed by atoms with Gasteiger partial charge in [0.05, 0.1) is 6.42 Å². The van der Waals surface area contributed by atoms with Crippen molar-refractivity contribution in [2.24, 2.45) is 0 Å². The SMILES string of the molecule is CCCNC(=O)CCNC(=O)N1CCN(C(=O)Cc2ccccc2F)CC1. The molecule has 0 radical (unpaired) electrons. The predicted octanol–water partition coefficient (Wildman–Crippen LogP) is 1.14. The lowest BCUT2D eigenvalue weighted by molar-refractivity contribution is -0.132. The fraction of sp³-hybridized carbons (Fsp3) is 0.526. The molecule has 148 valence electrons. The lowest BCUT2D eigenvalue weighted by atomic mass is 10.1. The average Bonchev–Trinajstić information content (AvgIpc) is 2.68. The number of amides is 4. The van der Waals surface area contributed by atoms with Gasteiger partial charge in [0.2, 0.25) is 11.8 Å². The van der Waals surface area contributed by atoms with Crippen LogP contribution in [0.5, 0.6) is 0 Å². The van der Waals surface area contributed by atoms with Crippen molar-refractivity contribution in [3.05, 3.63) is 35.6 Å². The standard InChI is InChI=1S/C19H27FN4O3/c1-2-8-21-17(25)7-9-22-19(27)24-12-10-23(11-13-24)18(26)14-15-5-3-4-6-16(15)20/h3-6H,2,7-14H2,1H3,(H,21,25)(H,22,27). The Kier molecular flexibility index (Phi) is 8.03. The van der Waals surface area contributed by atoms with E-state index in [1.165, 1.54) is 6.07 Å². The summed E-state index contributed by atoms with van der Waals surface area (Å²) in [5, 5.41) is 5.48. The van der Waals surface area contributed by atoms with Gasteiger partial charge in [0.1, 0.15) is 5.82 Å². The first-order chi connectivity index (χ1) is 13.0. The quantitative estimate of drug-likeness (QED) is 0.747. The summed E-state index contributed by atoms with van der Waals surface area (Å²) in [5.41, 5.74) is 0.379. The van der Waals surface area contributed by atoms with E-state index in [0.717, 1.165) is 6.42 Å². The second-order valence-electron chi connectivity index (χ2n) is 6.47. The average molecular weight is 378 g/mol. The number of hydrogen-bond acceptors (Lipinski definition) is 3. The highest BCUT2D eigenvalue weighted by molar-refractivity contribution is 5.80. The van der Waals surface area contributed by atoms with Crippen LogP contribution in [0.4, 0.5) is 9.18 Å². The van der Waals surface area contributed by atoms with E-state index >= 15 is 0 Å². The van der Waals surface area contributed by atoms with Gasteiger partial charge in [-0.3, -0.25) is 9.59 Å². The Balaban J connectivity index is 1.70. The van der Waals surface area contributed by atoms with Crippen molar-refractivity contribution in [3.63, 3.8) is 0 Å². The molecule has 2 N–H and O–H groups in total. The summed E-state index contributed by atoms with van der Waals surface area (Å²) in [7, 11) is 0. The molecule has 0 bridgehead atoms. The van der Waals surface area contributed by atoms with Crippen molar-refractivity contribution in [2.45, 2.75) is 26.2 Å². The number of piperazine rings is 1. The van der Waals surface area contributed by atoms with Crippen LogP contribution in [0.15, 0.2) is 24.3 Å².